The van der Waals surface area contributed by atoms with E-state index in [0.29, 0.717) is 27.9 Å². The summed E-state index contributed by atoms with van der Waals surface area (Å²) in [5.74, 6) is 1.03. The van der Waals surface area contributed by atoms with Crippen molar-refractivity contribution in [1.82, 2.24) is 4.90 Å². The average Bonchev–Trinajstić information content (AvgIpc) is 2.66. The van der Waals surface area contributed by atoms with Crippen molar-refractivity contribution in [3.05, 3.63) is 52.0 Å². The van der Waals surface area contributed by atoms with Crippen LogP contribution in [0.2, 0.25) is 10.0 Å². The fourth-order valence-corrected chi connectivity index (χ4v) is 3.90. The van der Waals surface area contributed by atoms with Crippen molar-refractivity contribution in [2.24, 2.45) is 0 Å². The van der Waals surface area contributed by atoms with Gasteiger partial charge in [-0.3, -0.25) is 4.79 Å². The van der Waals surface area contributed by atoms with Crippen LogP contribution in [0.1, 0.15) is 17.3 Å². The number of ether oxygens (including phenoxy) is 2. The van der Waals surface area contributed by atoms with Gasteiger partial charge in [-0.05, 0) is 31.2 Å². The largest absolute Gasteiger partial charge is 0.494 e. The Bertz CT molecular complexity index is 821. The van der Waals surface area contributed by atoms with Gasteiger partial charge in [0.2, 0.25) is 0 Å². The Hall–Kier alpha value is -2.11. The lowest BCUT2D eigenvalue weighted by Gasteiger charge is -2.37. The van der Waals surface area contributed by atoms with Crippen LogP contribution in [0.25, 0.3) is 0 Å². The van der Waals surface area contributed by atoms with E-state index in [1.54, 1.807) is 24.1 Å². The molecule has 1 atom stereocenters. The van der Waals surface area contributed by atoms with E-state index in [1.807, 2.05) is 24.3 Å². The molecule has 0 bridgehead atoms. The monoisotopic (exact) mass is 408 g/mol. The molecular formula is C20H22Cl2N2O3. The van der Waals surface area contributed by atoms with Crippen LogP contribution in [0.4, 0.5) is 5.69 Å². The minimum absolute atomic E-state index is 0.127. The van der Waals surface area contributed by atoms with Crippen molar-refractivity contribution < 1.29 is 14.3 Å². The fraction of sp³-hybridized carbons (Fsp3) is 0.350. The highest BCUT2D eigenvalue weighted by atomic mass is 35.5. The van der Waals surface area contributed by atoms with Gasteiger partial charge >= 0.3 is 0 Å². The zero-order valence-electron chi connectivity index (χ0n) is 15.5. The summed E-state index contributed by atoms with van der Waals surface area (Å²) >= 11 is 12.3. The number of likely N-dealkylation sites (N-methyl/N-ethyl adjacent to an activating group) is 2. The molecule has 0 N–H and O–H groups in total. The van der Waals surface area contributed by atoms with Crippen molar-refractivity contribution in [1.29, 1.82) is 0 Å². The second kappa shape index (κ2) is 8.28. The molecule has 144 valence electrons. The van der Waals surface area contributed by atoms with E-state index in [1.165, 1.54) is 7.11 Å². The van der Waals surface area contributed by atoms with Crippen LogP contribution in [0, 0.1) is 0 Å². The topological polar surface area (TPSA) is 42.0 Å². The van der Waals surface area contributed by atoms with Crippen LogP contribution < -0.4 is 14.4 Å². The van der Waals surface area contributed by atoms with Crippen LogP contribution in [-0.2, 0) is 0 Å². The van der Waals surface area contributed by atoms with Crippen molar-refractivity contribution in [2.45, 2.75) is 13.0 Å². The third kappa shape index (κ3) is 4.09. The minimum Gasteiger partial charge on any atom is -0.494 e. The van der Waals surface area contributed by atoms with Gasteiger partial charge in [-0.1, -0.05) is 35.3 Å². The van der Waals surface area contributed by atoms with Crippen molar-refractivity contribution in [3.63, 3.8) is 0 Å². The van der Waals surface area contributed by atoms with E-state index >= 15 is 0 Å². The number of carbonyl (C=O) groups is 1. The maximum Gasteiger partial charge on any atom is 0.253 e. The Kier molecular flexibility index (Phi) is 6.02. The molecule has 1 aliphatic rings. The molecule has 0 spiro atoms. The van der Waals surface area contributed by atoms with Gasteiger partial charge in [0.15, 0.2) is 5.75 Å². The predicted octanol–water partition coefficient (Wildman–Crippen LogP) is 4.36. The molecule has 7 heteroatoms. The highest BCUT2D eigenvalue weighted by molar-refractivity contribution is 6.37. The van der Waals surface area contributed by atoms with Crippen molar-refractivity contribution >= 4 is 34.8 Å². The number of anilines is 1. The second-order valence-corrected chi connectivity index (χ2v) is 7.22. The molecule has 0 saturated carbocycles. The van der Waals surface area contributed by atoms with Gasteiger partial charge in [-0.25, -0.2) is 0 Å². The molecule has 2 aromatic carbocycles. The molecule has 3 rings (SSSR count). The van der Waals surface area contributed by atoms with E-state index in [4.69, 9.17) is 32.7 Å². The summed E-state index contributed by atoms with van der Waals surface area (Å²) in [5, 5.41) is 0.614. The van der Waals surface area contributed by atoms with Gasteiger partial charge in [-0.2, -0.15) is 0 Å². The molecule has 27 heavy (non-hydrogen) atoms. The third-order valence-electron chi connectivity index (χ3n) is 4.58. The Morgan fingerprint density at radius 2 is 1.96 bits per heavy atom. The Labute approximate surface area is 169 Å². The highest BCUT2D eigenvalue weighted by Gasteiger charge is 2.27. The first-order valence-corrected chi connectivity index (χ1v) is 9.49. The normalized spacial score (nSPS) is 15.7. The van der Waals surface area contributed by atoms with E-state index < -0.39 is 0 Å². The van der Waals surface area contributed by atoms with Crippen LogP contribution in [0.3, 0.4) is 0 Å². The average molecular weight is 409 g/mol. The smallest absolute Gasteiger partial charge is 0.253 e. The lowest BCUT2D eigenvalue weighted by molar-refractivity contribution is 0.0709. The van der Waals surface area contributed by atoms with Gasteiger partial charge in [0.1, 0.15) is 11.9 Å². The number of hydrogen-bond acceptors (Lipinski definition) is 4. The summed E-state index contributed by atoms with van der Waals surface area (Å²) in [4.78, 5) is 16.7. The van der Waals surface area contributed by atoms with Gasteiger partial charge in [0.05, 0.1) is 35.9 Å². The number of nitrogens with zero attached hydrogens (tertiary/aromatic N) is 2. The van der Waals surface area contributed by atoms with Crippen LogP contribution in [0.15, 0.2) is 36.4 Å². The van der Waals surface area contributed by atoms with E-state index in [2.05, 4.69) is 11.8 Å². The predicted molar refractivity (Wildman–Crippen MR) is 109 cm³/mol. The van der Waals surface area contributed by atoms with E-state index in [-0.39, 0.29) is 12.0 Å². The summed E-state index contributed by atoms with van der Waals surface area (Å²) in [6, 6.07) is 11.1. The highest BCUT2D eigenvalue weighted by Crippen LogP contribution is 2.35. The summed E-state index contributed by atoms with van der Waals surface area (Å²) in [6.07, 6.45) is -0.127. The number of para-hydroxylation sites is 2. The number of carbonyl (C=O) groups excluding carboxylic acids is 1. The standard InChI is InChI=1S/C20H22Cl2N2O3/c1-4-24-12-14(27-18-8-6-5-7-17(18)24)11-23(2)20(25)13-9-15(21)19(26-3)16(22)10-13/h5-10,14H,4,11-12H2,1-3H3. The zero-order chi connectivity index (χ0) is 19.6. The van der Waals surface area contributed by atoms with E-state index in [9.17, 15) is 4.79 Å². The van der Waals surface area contributed by atoms with E-state index in [0.717, 1.165) is 24.5 Å². The molecule has 1 heterocycles. The fourth-order valence-electron chi connectivity index (χ4n) is 3.26. The molecule has 1 unspecified atom stereocenters. The number of rotatable bonds is 5. The first-order chi connectivity index (χ1) is 12.9. The SMILES string of the molecule is CCN1CC(CN(C)C(=O)c2cc(Cl)c(OC)c(Cl)c2)Oc2ccccc21. The zero-order valence-corrected chi connectivity index (χ0v) is 17.0. The molecule has 2 aromatic rings. The number of hydrogen-bond donors (Lipinski definition) is 0. The number of amides is 1. The van der Waals surface area contributed by atoms with Crippen molar-refractivity contribution in [2.75, 3.05) is 38.7 Å². The number of fused-ring (bicyclic) bond motifs is 1. The molecule has 0 radical (unpaired) electrons. The van der Waals surface area contributed by atoms with Gasteiger partial charge < -0.3 is 19.3 Å². The lowest BCUT2D eigenvalue weighted by atomic mass is 10.1. The lowest BCUT2D eigenvalue weighted by Crippen LogP contribution is -2.46. The Morgan fingerprint density at radius 3 is 2.59 bits per heavy atom. The quantitative estimate of drug-likeness (QED) is 0.736. The first kappa shape index (κ1) is 19.6. The molecule has 0 aliphatic carbocycles. The molecule has 0 aromatic heterocycles. The van der Waals surface area contributed by atoms with Gasteiger partial charge in [-0.15, -0.1) is 0 Å². The molecule has 0 fully saturated rings. The minimum atomic E-state index is -0.174. The number of halogens is 2. The number of methoxy groups -OCH3 is 1. The molecule has 5 nitrogen and oxygen atoms in total. The summed E-state index contributed by atoms with van der Waals surface area (Å²) < 4.78 is 11.2. The van der Waals surface area contributed by atoms with Crippen LogP contribution >= 0.6 is 23.2 Å². The molecule has 0 saturated heterocycles. The molecule has 1 amide bonds. The summed E-state index contributed by atoms with van der Waals surface area (Å²) in [7, 11) is 3.23. The van der Waals surface area contributed by atoms with Crippen molar-refractivity contribution in [3.8, 4) is 11.5 Å². The third-order valence-corrected chi connectivity index (χ3v) is 5.14. The maximum absolute atomic E-state index is 12.8. The van der Waals surface area contributed by atoms with Gasteiger partial charge in [0.25, 0.3) is 5.91 Å². The first-order valence-electron chi connectivity index (χ1n) is 8.73. The molecule has 1 aliphatic heterocycles. The second-order valence-electron chi connectivity index (χ2n) is 6.41. The summed E-state index contributed by atoms with van der Waals surface area (Å²) in [6.45, 7) is 4.15. The molecular weight excluding hydrogens is 387 g/mol. The maximum atomic E-state index is 12.8. The Balaban J connectivity index is 1.74. The summed E-state index contributed by atoms with van der Waals surface area (Å²) in [5.41, 5.74) is 1.50. The Morgan fingerprint density at radius 1 is 1.30 bits per heavy atom. The number of benzene rings is 2. The van der Waals surface area contributed by atoms with Crippen LogP contribution in [0.5, 0.6) is 11.5 Å². The van der Waals surface area contributed by atoms with Gasteiger partial charge in [0, 0.05) is 19.2 Å². The van der Waals surface area contributed by atoms with Crippen LogP contribution in [-0.4, -0.2) is 50.7 Å².